The Bertz CT molecular complexity index is 2710. The number of esters is 2. The van der Waals surface area contributed by atoms with Gasteiger partial charge < -0.3 is 9.47 Å². The maximum atomic E-state index is 13.2. The molecule has 8 aromatic carbocycles. The summed E-state index contributed by atoms with van der Waals surface area (Å²) in [6, 6.07) is 66.7. The fourth-order valence-electron chi connectivity index (χ4n) is 8.92. The van der Waals surface area contributed by atoms with Gasteiger partial charge in [-0.25, -0.2) is 9.59 Å². The highest BCUT2D eigenvalue weighted by Gasteiger charge is 2.47. The largest absolute Gasteiger partial charge is 0.422 e. The Labute approximate surface area is 356 Å². The van der Waals surface area contributed by atoms with Crippen LogP contribution in [0.5, 0.6) is 11.5 Å². The lowest BCUT2D eigenvalue weighted by Gasteiger charge is -2.36. The summed E-state index contributed by atoms with van der Waals surface area (Å²) < 4.78 is 12.5. The van der Waals surface area contributed by atoms with Crippen LogP contribution in [0.1, 0.15) is 44.5 Å². The predicted octanol–water partition coefficient (Wildman–Crippen LogP) is 12.7. The number of carbonyl (C=O) groups is 2. The highest BCUT2D eigenvalue weighted by molar-refractivity contribution is 5.91. The molecule has 0 saturated heterocycles. The van der Waals surface area contributed by atoms with Crippen LogP contribution in [0, 0.1) is 0 Å². The third kappa shape index (κ3) is 7.30. The van der Waals surface area contributed by atoms with E-state index in [9.17, 15) is 9.59 Å². The molecule has 0 saturated carbocycles. The number of fused-ring (bicyclic) bond motifs is 3. The van der Waals surface area contributed by atoms with Gasteiger partial charge in [0.1, 0.15) is 11.5 Å². The summed E-state index contributed by atoms with van der Waals surface area (Å²) >= 11 is 0. The molecule has 0 radical (unpaired) electrons. The van der Waals surface area contributed by atoms with Crippen LogP contribution in [0.4, 0.5) is 0 Å². The quantitative estimate of drug-likeness (QED) is 0.0703. The molecule has 0 aromatic heterocycles. The van der Waals surface area contributed by atoms with Crippen molar-refractivity contribution in [3.05, 3.63) is 264 Å². The summed E-state index contributed by atoms with van der Waals surface area (Å²) in [5.41, 5.74) is 12.8. The van der Waals surface area contributed by atoms with Crippen LogP contribution >= 0.6 is 0 Å². The molecule has 1 aliphatic carbocycles. The zero-order chi connectivity index (χ0) is 41.8. The molecule has 1 aliphatic rings. The normalized spacial score (nSPS) is 12.1. The summed E-state index contributed by atoms with van der Waals surface area (Å²) in [4.78, 5) is 26.5. The first-order chi connectivity index (χ1) is 30.0. The highest BCUT2D eigenvalue weighted by atomic mass is 16.5. The first-order valence-corrected chi connectivity index (χ1v) is 20.4. The zero-order valence-corrected chi connectivity index (χ0v) is 33.6. The molecule has 8 aromatic rings. The first-order valence-electron chi connectivity index (χ1n) is 20.4. The van der Waals surface area contributed by atoms with Gasteiger partial charge in [-0.15, -0.1) is 0 Å². The monoisotopic (exact) mass is 790 g/mol. The summed E-state index contributed by atoms with van der Waals surface area (Å²) in [6.07, 6.45) is 3.41. The standard InChI is InChI=1S/C57H42O4/c1-3-53(58)60-55-43(33-39-21-9-5-10-22-39)35-45(37-49(55)41-25-13-7-14-26-41)57(51-31-19-17-29-47(51)48-30-18-20-32-52(48)57)46-36-44(34-40-23-11-6-12-24-40)56(61-54(59)4-2)50(38-46)42-27-15-8-16-28-42/h3-32,35-38H,1-2,33-34H2. The molecule has 0 bridgehead atoms. The average molecular weight is 791 g/mol. The second-order valence-corrected chi connectivity index (χ2v) is 15.2. The molecule has 61 heavy (non-hydrogen) atoms. The molecule has 0 N–H and O–H groups in total. The number of carbonyl (C=O) groups excluding carboxylic acids is 2. The SMILES string of the molecule is C=CC(=O)Oc1c(Cc2ccccc2)cc(C2(c3cc(Cc4ccccc4)c(OC(=O)C=C)c(-c4ccccc4)c3)c3ccccc3-c3ccccc32)cc1-c1ccccc1. The maximum Gasteiger partial charge on any atom is 0.335 e. The van der Waals surface area contributed by atoms with Crippen molar-refractivity contribution in [1.29, 1.82) is 0 Å². The van der Waals surface area contributed by atoms with Crippen LogP contribution in [0.15, 0.2) is 219 Å². The molecule has 294 valence electrons. The van der Waals surface area contributed by atoms with Crippen molar-refractivity contribution >= 4 is 11.9 Å². The minimum atomic E-state index is -0.904. The third-order valence-electron chi connectivity index (χ3n) is 11.5. The van der Waals surface area contributed by atoms with Gasteiger partial charge in [0.25, 0.3) is 0 Å². The highest BCUT2D eigenvalue weighted by Crippen LogP contribution is 2.58. The minimum Gasteiger partial charge on any atom is -0.422 e. The van der Waals surface area contributed by atoms with Gasteiger partial charge in [0, 0.05) is 47.2 Å². The smallest absolute Gasteiger partial charge is 0.335 e. The lowest BCUT2D eigenvalue weighted by atomic mass is 9.66. The number of hydrogen-bond acceptors (Lipinski definition) is 4. The van der Waals surface area contributed by atoms with Crippen molar-refractivity contribution < 1.29 is 19.1 Å². The van der Waals surface area contributed by atoms with Gasteiger partial charge in [-0.05, 0) is 67.8 Å². The summed E-state index contributed by atoms with van der Waals surface area (Å²) in [6.45, 7) is 7.49. The third-order valence-corrected chi connectivity index (χ3v) is 11.5. The van der Waals surface area contributed by atoms with Crippen molar-refractivity contribution in [3.63, 3.8) is 0 Å². The van der Waals surface area contributed by atoms with Crippen LogP contribution in [0.25, 0.3) is 33.4 Å². The van der Waals surface area contributed by atoms with Gasteiger partial charge in [-0.2, -0.15) is 0 Å². The molecule has 0 unspecified atom stereocenters. The summed E-state index contributed by atoms with van der Waals surface area (Å²) in [7, 11) is 0. The van der Waals surface area contributed by atoms with Crippen molar-refractivity contribution in [2.24, 2.45) is 0 Å². The molecule has 0 aliphatic heterocycles. The molecule has 9 rings (SSSR count). The lowest BCUT2D eigenvalue weighted by molar-refractivity contribution is -0.129. The minimum absolute atomic E-state index is 0.486. The van der Waals surface area contributed by atoms with Crippen LogP contribution < -0.4 is 9.47 Å². The lowest BCUT2D eigenvalue weighted by Crippen LogP contribution is -2.29. The molecular formula is C57H42O4. The van der Waals surface area contributed by atoms with Crippen LogP contribution in [0.2, 0.25) is 0 Å². The van der Waals surface area contributed by atoms with Crippen molar-refractivity contribution in [2.45, 2.75) is 18.3 Å². The number of rotatable bonds is 12. The zero-order valence-electron chi connectivity index (χ0n) is 33.6. The number of benzene rings is 8. The van der Waals surface area contributed by atoms with Gasteiger partial charge in [-0.1, -0.05) is 195 Å². The van der Waals surface area contributed by atoms with Gasteiger partial charge in [0.15, 0.2) is 0 Å². The van der Waals surface area contributed by atoms with E-state index in [1.54, 1.807) is 0 Å². The van der Waals surface area contributed by atoms with Gasteiger partial charge in [0.05, 0.1) is 5.41 Å². The average Bonchev–Trinajstić information content (AvgIpc) is 3.62. The first kappa shape index (κ1) is 38.7. The van der Waals surface area contributed by atoms with E-state index in [2.05, 4.69) is 110 Å². The predicted molar refractivity (Wildman–Crippen MR) is 245 cm³/mol. The summed E-state index contributed by atoms with van der Waals surface area (Å²) in [5.74, 6) is -0.0962. The fraction of sp³-hybridized carbons (Fsp3) is 0.0526. The van der Waals surface area contributed by atoms with Gasteiger partial charge in [0.2, 0.25) is 0 Å². The molecule has 0 atom stereocenters. The number of ether oxygens (including phenoxy) is 2. The van der Waals surface area contributed by atoms with Gasteiger partial charge >= 0.3 is 11.9 Å². The molecule has 0 heterocycles. The Kier molecular flexibility index (Phi) is 10.7. The molecule has 0 amide bonds. The summed E-state index contributed by atoms with van der Waals surface area (Å²) in [5, 5.41) is 0. The van der Waals surface area contributed by atoms with E-state index in [1.165, 1.54) is 12.2 Å². The Morgan fingerprint density at radius 1 is 0.426 bits per heavy atom. The Hall–Kier alpha value is -7.82. The van der Waals surface area contributed by atoms with E-state index in [0.29, 0.717) is 24.3 Å². The molecule has 0 spiro atoms. The van der Waals surface area contributed by atoms with E-state index >= 15 is 0 Å². The van der Waals surface area contributed by atoms with E-state index in [1.807, 2.05) is 97.1 Å². The Balaban J connectivity index is 1.44. The Morgan fingerprint density at radius 3 is 1.15 bits per heavy atom. The fourth-order valence-corrected chi connectivity index (χ4v) is 8.92. The second-order valence-electron chi connectivity index (χ2n) is 15.2. The van der Waals surface area contributed by atoms with E-state index in [4.69, 9.17) is 9.47 Å². The molecule has 0 fully saturated rings. The second kappa shape index (κ2) is 16.8. The molecular weight excluding hydrogens is 749 g/mol. The topological polar surface area (TPSA) is 52.6 Å². The van der Waals surface area contributed by atoms with Crippen LogP contribution in [-0.2, 0) is 27.8 Å². The van der Waals surface area contributed by atoms with E-state index in [0.717, 1.165) is 77.9 Å². The number of hydrogen-bond donors (Lipinski definition) is 0. The maximum absolute atomic E-state index is 13.2. The molecule has 4 nitrogen and oxygen atoms in total. The van der Waals surface area contributed by atoms with Crippen molar-refractivity contribution in [2.75, 3.05) is 0 Å². The van der Waals surface area contributed by atoms with E-state index in [-0.39, 0.29) is 0 Å². The van der Waals surface area contributed by atoms with Crippen LogP contribution in [0.3, 0.4) is 0 Å². The Morgan fingerprint density at radius 2 is 0.770 bits per heavy atom. The van der Waals surface area contributed by atoms with Gasteiger partial charge in [-0.3, -0.25) is 0 Å². The van der Waals surface area contributed by atoms with E-state index < -0.39 is 17.4 Å². The van der Waals surface area contributed by atoms with Crippen molar-refractivity contribution in [3.8, 4) is 44.9 Å². The molecule has 4 heteroatoms. The van der Waals surface area contributed by atoms with Crippen LogP contribution in [-0.4, -0.2) is 11.9 Å². The van der Waals surface area contributed by atoms with Crippen molar-refractivity contribution in [1.82, 2.24) is 0 Å².